The zero-order valence-corrected chi connectivity index (χ0v) is 6.58. The SMILES string of the molecule is Nc1cnn2c1CCCCC2. The summed E-state index contributed by atoms with van der Waals surface area (Å²) in [7, 11) is 0. The van der Waals surface area contributed by atoms with Gasteiger partial charge in [0.2, 0.25) is 0 Å². The Kier molecular flexibility index (Phi) is 1.56. The topological polar surface area (TPSA) is 43.8 Å². The molecule has 0 saturated carbocycles. The fourth-order valence-corrected chi connectivity index (χ4v) is 1.62. The summed E-state index contributed by atoms with van der Waals surface area (Å²) >= 11 is 0. The Morgan fingerprint density at radius 3 is 3.18 bits per heavy atom. The van der Waals surface area contributed by atoms with Gasteiger partial charge < -0.3 is 5.73 Å². The summed E-state index contributed by atoms with van der Waals surface area (Å²) in [6, 6.07) is 0. The van der Waals surface area contributed by atoms with Crippen molar-refractivity contribution in [2.24, 2.45) is 0 Å². The Morgan fingerprint density at radius 1 is 1.36 bits per heavy atom. The summed E-state index contributed by atoms with van der Waals surface area (Å²) < 4.78 is 2.04. The third kappa shape index (κ3) is 1.11. The third-order valence-electron chi connectivity index (χ3n) is 2.26. The first kappa shape index (κ1) is 6.70. The van der Waals surface area contributed by atoms with Crippen molar-refractivity contribution in [1.29, 1.82) is 0 Å². The van der Waals surface area contributed by atoms with E-state index in [1.165, 1.54) is 25.0 Å². The number of aryl methyl sites for hydroxylation is 1. The molecule has 60 valence electrons. The zero-order valence-electron chi connectivity index (χ0n) is 6.58. The van der Waals surface area contributed by atoms with Crippen molar-refractivity contribution in [3.05, 3.63) is 11.9 Å². The molecule has 0 atom stereocenters. The molecule has 0 amide bonds. The van der Waals surface area contributed by atoms with Crippen molar-refractivity contribution < 1.29 is 0 Å². The van der Waals surface area contributed by atoms with Crippen LogP contribution in [-0.2, 0) is 13.0 Å². The lowest BCUT2D eigenvalue weighted by molar-refractivity contribution is 0.576. The van der Waals surface area contributed by atoms with E-state index >= 15 is 0 Å². The normalized spacial score (nSPS) is 17.5. The monoisotopic (exact) mass is 151 g/mol. The van der Waals surface area contributed by atoms with Crippen LogP contribution in [0.15, 0.2) is 6.20 Å². The fraction of sp³-hybridized carbons (Fsp3) is 0.625. The lowest BCUT2D eigenvalue weighted by atomic mass is 10.2. The summed E-state index contributed by atoms with van der Waals surface area (Å²) in [4.78, 5) is 0. The summed E-state index contributed by atoms with van der Waals surface area (Å²) in [5, 5.41) is 4.21. The van der Waals surface area contributed by atoms with Gasteiger partial charge in [0, 0.05) is 6.54 Å². The van der Waals surface area contributed by atoms with Crippen LogP contribution in [0.4, 0.5) is 5.69 Å². The zero-order chi connectivity index (χ0) is 7.68. The van der Waals surface area contributed by atoms with Crippen LogP contribution in [-0.4, -0.2) is 9.78 Å². The maximum Gasteiger partial charge on any atom is 0.0733 e. The fourth-order valence-electron chi connectivity index (χ4n) is 1.62. The molecule has 0 bridgehead atoms. The molecular formula is C8H13N3. The molecule has 3 nitrogen and oxygen atoms in total. The standard InChI is InChI=1S/C8H13N3/c9-7-6-10-11-5-3-1-2-4-8(7)11/h6H,1-5,9H2. The Bertz CT molecular complexity index is 252. The molecule has 0 fully saturated rings. The van der Waals surface area contributed by atoms with Gasteiger partial charge in [-0.3, -0.25) is 4.68 Å². The molecule has 2 N–H and O–H groups in total. The van der Waals surface area contributed by atoms with Gasteiger partial charge >= 0.3 is 0 Å². The van der Waals surface area contributed by atoms with Crippen molar-refractivity contribution >= 4 is 5.69 Å². The minimum absolute atomic E-state index is 0.868. The Hall–Kier alpha value is -0.990. The summed E-state index contributed by atoms with van der Waals surface area (Å²) in [5.74, 6) is 0. The first-order chi connectivity index (χ1) is 5.38. The molecule has 3 heteroatoms. The van der Waals surface area contributed by atoms with Crippen LogP contribution < -0.4 is 5.73 Å². The van der Waals surface area contributed by atoms with Crippen LogP contribution in [0.5, 0.6) is 0 Å². The van der Waals surface area contributed by atoms with E-state index in [0.29, 0.717) is 0 Å². The minimum atomic E-state index is 0.868. The van der Waals surface area contributed by atoms with E-state index in [0.717, 1.165) is 18.7 Å². The van der Waals surface area contributed by atoms with Crippen molar-refractivity contribution in [2.45, 2.75) is 32.2 Å². The second-order valence-electron chi connectivity index (χ2n) is 3.08. The van der Waals surface area contributed by atoms with Gasteiger partial charge in [0.25, 0.3) is 0 Å². The highest BCUT2D eigenvalue weighted by atomic mass is 15.3. The van der Waals surface area contributed by atoms with E-state index in [1.54, 1.807) is 6.20 Å². The first-order valence-corrected chi connectivity index (χ1v) is 4.18. The van der Waals surface area contributed by atoms with E-state index in [9.17, 15) is 0 Å². The molecule has 2 heterocycles. The van der Waals surface area contributed by atoms with Crippen LogP contribution in [0.3, 0.4) is 0 Å². The number of nitrogen functional groups attached to an aromatic ring is 1. The van der Waals surface area contributed by atoms with Gasteiger partial charge in [-0.25, -0.2) is 0 Å². The molecule has 1 aliphatic rings. The highest BCUT2D eigenvalue weighted by molar-refractivity contribution is 5.41. The van der Waals surface area contributed by atoms with Gasteiger partial charge in [-0.2, -0.15) is 5.10 Å². The van der Waals surface area contributed by atoms with Crippen molar-refractivity contribution in [1.82, 2.24) is 9.78 Å². The number of nitrogens with zero attached hydrogens (tertiary/aromatic N) is 2. The van der Waals surface area contributed by atoms with Crippen LogP contribution in [0.25, 0.3) is 0 Å². The Morgan fingerprint density at radius 2 is 2.27 bits per heavy atom. The Balaban J connectivity index is 2.35. The molecule has 1 aromatic rings. The minimum Gasteiger partial charge on any atom is -0.396 e. The maximum atomic E-state index is 5.75. The van der Waals surface area contributed by atoms with E-state index in [-0.39, 0.29) is 0 Å². The molecule has 0 saturated heterocycles. The molecule has 1 aromatic heterocycles. The largest absolute Gasteiger partial charge is 0.396 e. The Labute approximate surface area is 66.2 Å². The van der Waals surface area contributed by atoms with Gasteiger partial charge in [-0.1, -0.05) is 6.42 Å². The predicted octanol–water partition coefficient (Wildman–Crippen LogP) is 1.19. The number of rotatable bonds is 0. The van der Waals surface area contributed by atoms with Gasteiger partial charge in [0.05, 0.1) is 17.6 Å². The molecule has 1 aliphatic heterocycles. The third-order valence-corrected chi connectivity index (χ3v) is 2.26. The number of anilines is 1. The van der Waals surface area contributed by atoms with Gasteiger partial charge in [0.1, 0.15) is 0 Å². The van der Waals surface area contributed by atoms with Crippen LogP contribution in [0.2, 0.25) is 0 Å². The molecule has 0 aliphatic carbocycles. The van der Waals surface area contributed by atoms with Crippen molar-refractivity contribution in [3.8, 4) is 0 Å². The van der Waals surface area contributed by atoms with Gasteiger partial charge in [-0.05, 0) is 19.3 Å². The highest BCUT2D eigenvalue weighted by Gasteiger charge is 2.10. The smallest absolute Gasteiger partial charge is 0.0733 e. The molecule has 11 heavy (non-hydrogen) atoms. The lowest BCUT2D eigenvalue weighted by Gasteiger charge is -2.00. The number of fused-ring (bicyclic) bond motifs is 1. The maximum absolute atomic E-state index is 5.75. The molecule has 0 radical (unpaired) electrons. The second-order valence-corrected chi connectivity index (χ2v) is 3.08. The number of aromatic nitrogens is 2. The van der Waals surface area contributed by atoms with Crippen molar-refractivity contribution in [2.75, 3.05) is 5.73 Å². The second kappa shape index (κ2) is 2.57. The molecule has 0 unspecified atom stereocenters. The van der Waals surface area contributed by atoms with Gasteiger partial charge in [-0.15, -0.1) is 0 Å². The first-order valence-electron chi connectivity index (χ1n) is 4.18. The van der Waals surface area contributed by atoms with E-state index < -0.39 is 0 Å². The molecule has 0 spiro atoms. The number of hydrogen-bond acceptors (Lipinski definition) is 2. The summed E-state index contributed by atoms with van der Waals surface area (Å²) in [6.07, 6.45) is 6.68. The lowest BCUT2D eigenvalue weighted by Crippen LogP contribution is -2.02. The summed E-state index contributed by atoms with van der Waals surface area (Å²) in [6.45, 7) is 1.05. The van der Waals surface area contributed by atoms with Crippen LogP contribution >= 0.6 is 0 Å². The molecule has 2 rings (SSSR count). The van der Waals surface area contributed by atoms with Gasteiger partial charge in [0.15, 0.2) is 0 Å². The van der Waals surface area contributed by atoms with Crippen LogP contribution in [0, 0.1) is 0 Å². The quantitative estimate of drug-likeness (QED) is 0.605. The average molecular weight is 151 g/mol. The average Bonchev–Trinajstić information content (AvgIpc) is 2.25. The highest BCUT2D eigenvalue weighted by Crippen LogP contribution is 2.18. The number of hydrogen-bond donors (Lipinski definition) is 1. The van der Waals surface area contributed by atoms with E-state index in [1.807, 2.05) is 4.68 Å². The van der Waals surface area contributed by atoms with E-state index in [2.05, 4.69) is 5.10 Å². The predicted molar refractivity (Wildman–Crippen MR) is 44.2 cm³/mol. The van der Waals surface area contributed by atoms with Crippen LogP contribution in [0.1, 0.15) is 25.0 Å². The number of nitrogens with two attached hydrogens (primary N) is 1. The van der Waals surface area contributed by atoms with Crippen molar-refractivity contribution in [3.63, 3.8) is 0 Å². The molecule has 0 aromatic carbocycles. The van der Waals surface area contributed by atoms with E-state index in [4.69, 9.17) is 5.73 Å². The summed E-state index contributed by atoms with van der Waals surface area (Å²) in [5.41, 5.74) is 7.85. The molecular weight excluding hydrogens is 138 g/mol.